The van der Waals surface area contributed by atoms with Crippen LogP contribution in [0.25, 0.3) is 22.3 Å². The maximum absolute atomic E-state index is 16.0. The van der Waals surface area contributed by atoms with Crippen LogP contribution >= 0.6 is 25.2 Å². The van der Waals surface area contributed by atoms with Crippen LogP contribution < -0.4 is 17.0 Å². The first-order chi connectivity index (χ1) is 21.6. The molecule has 27 heteroatoms. The molecule has 0 saturated carbocycles. The molecule has 7 heterocycles. The van der Waals surface area contributed by atoms with Gasteiger partial charge in [-0.05, 0) is 23.6 Å². The van der Waals surface area contributed by atoms with Crippen molar-refractivity contribution < 1.29 is 45.8 Å². The summed E-state index contributed by atoms with van der Waals surface area (Å²) < 4.78 is 77.0. The number of nitrogen functional groups attached to an aromatic ring is 2. The number of nitrogens with zero attached hydrogens (tertiary/aromatic N) is 8. The number of hydrogen-bond donors (Lipinski definition) is 5. The summed E-state index contributed by atoms with van der Waals surface area (Å²) in [5, 5.41) is 5.12. The predicted octanol–water partition coefficient (Wildman–Crippen LogP) is 0.254. The van der Waals surface area contributed by atoms with E-state index in [1.54, 1.807) is 0 Å². The number of fused-ring (bicyclic) bond motifs is 5. The summed E-state index contributed by atoms with van der Waals surface area (Å²) in [6, 6.07) is 0. The molecule has 4 aromatic rings. The van der Waals surface area contributed by atoms with E-state index >= 15 is 13.2 Å². The molecule has 0 spiro atoms. The lowest BCUT2D eigenvalue weighted by atomic mass is 10.1. The van der Waals surface area contributed by atoms with Gasteiger partial charge in [-0.3, -0.25) is 23.4 Å². The number of imidazole rings is 1. The topological polar surface area (TPSA) is 259 Å². The second-order valence-corrected chi connectivity index (χ2v) is 17.0. The summed E-state index contributed by atoms with van der Waals surface area (Å²) in [6.45, 7) is -10.6. The molecule has 0 amide bonds. The van der Waals surface area contributed by atoms with E-state index in [0.717, 1.165) is 18.1 Å². The highest BCUT2D eigenvalue weighted by Gasteiger charge is 2.63. The van der Waals surface area contributed by atoms with E-state index in [0.29, 0.717) is 4.68 Å². The SMILES string of the molecule is Nc1nc2c(ncn2[C@@H]2S[C@@H]3COP(O)(=S)O[C@@H]4[C@@H](COP(O)(=S)O[C@@H]2[C@H]3F)O[C@@H](n2nnc3c(N)ncnc32)C4(F)F)c(=O)[nH]1. The van der Waals surface area contributed by atoms with Gasteiger partial charge in [0.2, 0.25) is 12.2 Å². The van der Waals surface area contributed by atoms with E-state index in [-0.39, 0.29) is 34.1 Å². The Bertz CT molecular complexity index is 2010. The highest BCUT2D eigenvalue weighted by atomic mass is 32.5. The van der Waals surface area contributed by atoms with E-state index < -0.39 is 79.5 Å². The Balaban J connectivity index is 1.23. The van der Waals surface area contributed by atoms with Crippen LogP contribution in [0.15, 0.2) is 17.4 Å². The van der Waals surface area contributed by atoms with Crippen molar-refractivity contribution in [1.82, 2.24) is 44.5 Å². The normalized spacial score (nSPS) is 36.7. The Morgan fingerprint density at radius 3 is 2.61 bits per heavy atom. The number of nitrogens with two attached hydrogens (primary N) is 2. The molecule has 3 aliphatic heterocycles. The minimum atomic E-state index is -4.55. The van der Waals surface area contributed by atoms with Crippen LogP contribution in [0.3, 0.4) is 0 Å². The minimum absolute atomic E-state index is 0.0341. The van der Waals surface area contributed by atoms with Crippen LogP contribution in [-0.2, 0) is 46.4 Å². The lowest BCUT2D eigenvalue weighted by molar-refractivity contribution is -0.140. The number of nitrogens with one attached hydrogen (secondary N) is 1. The fourth-order valence-electron chi connectivity index (χ4n) is 5.13. The van der Waals surface area contributed by atoms with E-state index in [2.05, 4.69) is 35.2 Å². The number of halogens is 3. The minimum Gasteiger partial charge on any atom is -0.382 e. The average Bonchev–Trinajstić information content (AvgIpc) is 3.71. The molecule has 2 bridgehead atoms. The van der Waals surface area contributed by atoms with Gasteiger partial charge < -0.3 is 35.0 Å². The maximum atomic E-state index is 16.0. The molecule has 248 valence electrons. The summed E-state index contributed by atoms with van der Waals surface area (Å²) in [7, 11) is 0. The molecule has 3 aliphatic rings. The van der Waals surface area contributed by atoms with Crippen molar-refractivity contribution >= 4 is 82.9 Å². The van der Waals surface area contributed by atoms with Crippen molar-refractivity contribution in [2.75, 3.05) is 24.7 Å². The Labute approximate surface area is 267 Å². The van der Waals surface area contributed by atoms with Crippen molar-refractivity contribution in [3.8, 4) is 0 Å². The van der Waals surface area contributed by atoms with Gasteiger partial charge >= 0.3 is 19.4 Å². The molecule has 0 aromatic carbocycles. The molecule has 0 aliphatic carbocycles. The van der Waals surface area contributed by atoms with Gasteiger partial charge in [-0.2, -0.15) is 18.4 Å². The molecular weight excluding hydrogens is 725 g/mol. The number of aromatic nitrogens is 9. The Kier molecular flexibility index (Phi) is 7.93. The largest absolute Gasteiger partial charge is 0.382 e. The molecule has 46 heavy (non-hydrogen) atoms. The highest BCUT2D eigenvalue weighted by molar-refractivity contribution is 8.07. The Hall–Kier alpha value is -2.41. The van der Waals surface area contributed by atoms with Crippen LogP contribution in [0.1, 0.15) is 11.6 Å². The second kappa shape index (κ2) is 11.3. The molecule has 3 saturated heterocycles. The second-order valence-electron chi connectivity index (χ2n) is 10.1. The molecule has 0 radical (unpaired) electrons. The fraction of sp³-hybridized carbons (Fsp3) is 0.526. The van der Waals surface area contributed by atoms with Gasteiger partial charge in [-0.25, -0.2) is 19.3 Å². The van der Waals surface area contributed by atoms with E-state index in [9.17, 15) is 14.6 Å². The van der Waals surface area contributed by atoms with Gasteiger partial charge in [0, 0.05) is 0 Å². The summed E-state index contributed by atoms with van der Waals surface area (Å²) in [5.41, 5.74) is 10.3. The number of thioether (sulfide) groups is 1. The zero-order valence-corrected chi connectivity index (χ0v) is 26.7. The third-order valence-corrected chi connectivity index (χ3v) is 11.8. The number of H-pyrrole nitrogens is 1. The van der Waals surface area contributed by atoms with Crippen LogP contribution in [-0.4, -0.2) is 103 Å². The fourth-order valence-corrected chi connectivity index (χ4v) is 9.62. The smallest absolute Gasteiger partial charge is 0.325 e. The van der Waals surface area contributed by atoms with Gasteiger partial charge in [-0.15, -0.1) is 16.9 Å². The van der Waals surface area contributed by atoms with E-state index in [1.807, 2.05) is 0 Å². The monoisotopic (exact) mass is 745 g/mol. The number of anilines is 2. The molecule has 2 unspecified atom stereocenters. The van der Waals surface area contributed by atoms with Crippen LogP contribution in [0.2, 0.25) is 0 Å². The van der Waals surface area contributed by atoms with Gasteiger partial charge in [0.05, 0.1) is 24.8 Å². The predicted molar refractivity (Wildman–Crippen MR) is 159 cm³/mol. The molecule has 19 nitrogen and oxygen atoms in total. The molecule has 4 aromatic heterocycles. The van der Waals surface area contributed by atoms with Gasteiger partial charge in [0.25, 0.3) is 5.56 Å². The Morgan fingerprint density at radius 2 is 1.83 bits per heavy atom. The number of alkyl halides is 3. The molecule has 9 atom stereocenters. The van der Waals surface area contributed by atoms with E-state index in [1.165, 1.54) is 10.9 Å². The molecule has 7 rings (SSSR count). The number of hydrogen-bond acceptors (Lipinski definition) is 17. The summed E-state index contributed by atoms with van der Waals surface area (Å²) in [5.74, 6) is -4.40. The number of aromatic amines is 1. The van der Waals surface area contributed by atoms with Crippen LogP contribution in [0.5, 0.6) is 0 Å². The standard InChI is InChI=1S/C19H20F3N11O8P2S3/c20-7-6-2-38-43(36,45)41-11-5(39-17(19(11,21)22)33-13-8(30-31-33)12(23)25-3-26-13)1-37-42(35,44)40-10(7)16(46-6)32-4-27-9-14(32)28-18(24)29-15(9)34/h3-7,10-11,16-17H,1-2H2,(H,35,44)(H,36,45)(H2,23,25,26)(H3,24,28,29,34)/t5-,6-,7+,10-,11-,16-,17-,42?,43?/m1/s1. The van der Waals surface area contributed by atoms with Gasteiger partial charge in [-0.1, -0.05) is 5.21 Å². The zero-order chi connectivity index (χ0) is 32.8. The zero-order valence-electron chi connectivity index (χ0n) is 22.4. The molecular formula is C19H20F3N11O8P2S3. The molecule has 7 N–H and O–H groups in total. The highest BCUT2D eigenvalue weighted by Crippen LogP contribution is 2.58. The summed E-state index contributed by atoms with van der Waals surface area (Å²) in [6.07, 6.45) is -7.76. The first kappa shape index (κ1) is 32.2. The van der Waals surface area contributed by atoms with Crippen LogP contribution in [0, 0.1) is 0 Å². The summed E-state index contributed by atoms with van der Waals surface area (Å²) >= 11 is 11.0. The quantitative estimate of drug-likeness (QED) is 0.172. The first-order valence-electron chi connectivity index (χ1n) is 12.8. The lowest BCUT2D eigenvalue weighted by Crippen LogP contribution is -2.41. The average molecular weight is 746 g/mol. The van der Waals surface area contributed by atoms with Crippen molar-refractivity contribution in [3.63, 3.8) is 0 Å². The van der Waals surface area contributed by atoms with E-state index in [4.69, 9.17) is 57.9 Å². The molecule has 3 fully saturated rings. The van der Waals surface area contributed by atoms with Gasteiger partial charge in [0.1, 0.15) is 30.1 Å². The number of rotatable bonds is 2. The first-order valence-corrected chi connectivity index (χ1v) is 19.0. The van der Waals surface area contributed by atoms with Gasteiger partial charge in [0.15, 0.2) is 34.2 Å². The maximum Gasteiger partial charge on any atom is 0.325 e. The third kappa shape index (κ3) is 5.50. The Morgan fingerprint density at radius 1 is 1.09 bits per heavy atom. The third-order valence-electron chi connectivity index (χ3n) is 7.16. The number of ether oxygens (including phenoxy) is 1. The lowest BCUT2D eigenvalue weighted by Gasteiger charge is -2.28. The van der Waals surface area contributed by atoms with Crippen molar-refractivity contribution in [2.45, 2.75) is 47.3 Å². The van der Waals surface area contributed by atoms with Crippen molar-refractivity contribution in [3.05, 3.63) is 23.0 Å². The van der Waals surface area contributed by atoms with Crippen LogP contribution in [0.4, 0.5) is 24.9 Å². The summed E-state index contributed by atoms with van der Waals surface area (Å²) in [4.78, 5) is 52.2. The van der Waals surface area contributed by atoms with Crippen molar-refractivity contribution in [1.29, 1.82) is 0 Å². The van der Waals surface area contributed by atoms with Crippen molar-refractivity contribution in [2.24, 2.45) is 0 Å².